The summed E-state index contributed by atoms with van der Waals surface area (Å²) in [7, 11) is 1.33. The zero-order chi connectivity index (χ0) is 15.5. The van der Waals surface area contributed by atoms with E-state index < -0.39 is 5.97 Å². The molecule has 0 amide bonds. The van der Waals surface area contributed by atoms with Crippen molar-refractivity contribution in [2.24, 2.45) is 0 Å². The van der Waals surface area contributed by atoms with Gasteiger partial charge in [-0.3, -0.25) is 4.98 Å². The summed E-state index contributed by atoms with van der Waals surface area (Å²) in [5.74, 6) is -0.442. The van der Waals surface area contributed by atoms with E-state index in [1.165, 1.54) is 13.3 Å². The van der Waals surface area contributed by atoms with E-state index in [-0.39, 0.29) is 0 Å². The molecule has 108 valence electrons. The van der Waals surface area contributed by atoms with Gasteiger partial charge in [-0.2, -0.15) is 5.26 Å². The molecule has 0 saturated heterocycles. The lowest BCUT2D eigenvalue weighted by Gasteiger charge is -2.09. The molecule has 1 aromatic carbocycles. The zero-order valence-electron chi connectivity index (χ0n) is 11.8. The molecule has 2 aromatic heterocycles. The van der Waals surface area contributed by atoms with E-state index in [9.17, 15) is 4.79 Å². The summed E-state index contributed by atoms with van der Waals surface area (Å²) in [6, 6.07) is 9.06. The van der Waals surface area contributed by atoms with Crippen molar-refractivity contribution in [1.82, 2.24) is 9.97 Å². The Morgan fingerprint density at radius 2 is 2.23 bits per heavy atom. The Bertz CT molecular complexity index is 893. The standard InChI is InChI=1S/C16H12N4O2/c1-22-16(21)11-4-5-18-8-14(11)20-15-9-19-13-3-2-10(7-17)6-12(13)15/h2-6,8-9,19-20H,1H3. The fraction of sp³-hybridized carbons (Fsp3) is 0.0625. The van der Waals surface area contributed by atoms with Crippen LogP contribution in [0, 0.1) is 11.3 Å². The zero-order valence-corrected chi connectivity index (χ0v) is 11.8. The Balaban J connectivity index is 2.04. The molecular formula is C16H12N4O2. The second-order valence-electron chi connectivity index (χ2n) is 4.61. The predicted octanol–water partition coefficient (Wildman–Crippen LogP) is 2.96. The Hall–Kier alpha value is -3.33. The normalized spacial score (nSPS) is 10.2. The maximum atomic E-state index is 11.8. The number of benzene rings is 1. The van der Waals surface area contributed by atoms with Crippen molar-refractivity contribution in [2.75, 3.05) is 12.4 Å². The van der Waals surface area contributed by atoms with Crippen molar-refractivity contribution in [2.45, 2.75) is 0 Å². The molecule has 0 aliphatic carbocycles. The van der Waals surface area contributed by atoms with Crippen LogP contribution < -0.4 is 5.32 Å². The quantitative estimate of drug-likeness (QED) is 0.724. The first-order chi connectivity index (χ1) is 10.7. The summed E-state index contributed by atoms with van der Waals surface area (Å²) >= 11 is 0. The summed E-state index contributed by atoms with van der Waals surface area (Å²) in [5.41, 5.74) is 3.14. The summed E-state index contributed by atoms with van der Waals surface area (Å²) in [6.45, 7) is 0. The first kappa shape index (κ1) is 13.6. The van der Waals surface area contributed by atoms with Crippen molar-refractivity contribution < 1.29 is 9.53 Å². The van der Waals surface area contributed by atoms with Gasteiger partial charge in [0.2, 0.25) is 0 Å². The number of hydrogen-bond donors (Lipinski definition) is 2. The molecule has 0 saturated carbocycles. The topological polar surface area (TPSA) is 90.8 Å². The van der Waals surface area contributed by atoms with E-state index in [2.05, 4.69) is 21.4 Å². The van der Waals surface area contributed by atoms with Crippen LogP contribution in [-0.4, -0.2) is 23.0 Å². The van der Waals surface area contributed by atoms with Crippen LogP contribution in [0.5, 0.6) is 0 Å². The van der Waals surface area contributed by atoms with Gasteiger partial charge in [0.25, 0.3) is 0 Å². The minimum Gasteiger partial charge on any atom is -0.465 e. The van der Waals surface area contributed by atoms with Crippen molar-refractivity contribution in [3.05, 3.63) is 54.0 Å². The molecule has 0 aliphatic heterocycles. The van der Waals surface area contributed by atoms with Crippen LogP contribution in [0.1, 0.15) is 15.9 Å². The number of pyridine rings is 1. The largest absolute Gasteiger partial charge is 0.465 e. The van der Waals surface area contributed by atoms with E-state index >= 15 is 0 Å². The van der Waals surface area contributed by atoms with Gasteiger partial charge in [-0.25, -0.2) is 4.79 Å². The summed E-state index contributed by atoms with van der Waals surface area (Å²) in [4.78, 5) is 18.9. The average molecular weight is 292 g/mol. The third kappa shape index (κ3) is 2.36. The summed E-state index contributed by atoms with van der Waals surface area (Å²) in [5, 5.41) is 13.0. The number of methoxy groups -OCH3 is 1. The number of aromatic nitrogens is 2. The Morgan fingerprint density at radius 1 is 1.36 bits per heavy atom. The molecule has 3 rings (SSSR count). The number of ether oxygens (including phenoxy) is 1. The number of anilines is 2. The fourth-order valence-electron chi connectivity index (χ4n) is 2.22. The number of carbonyl (C=O) groups is 1. The highest BCUT2D eigenvalue weighted by molar-refractivity contribution is 5.99. The number of hydrogen-bond acceptors (Lipinski definition) is 5. The molecule has 22 heavy (non-hydrogen) atoms. The van der Waals surface area contributed by atoms with Gasteiger partial charge in [-0.15, -0.1) is 0 Å². The highest BCUT2D eigenvalue weighted by Crippen LogP contribution is 2.28. The molecule has 3 aromatic rings. The molecule has 6 nitrogen and oxygen atoms in total. The molecule has 0 radical (unpaired) electrons. The first-order valence-corrected chi connectivity index (χ1v) is 6.53. The van der Waals surface area contributed by atoms with Crippen molar-refractivity contribution >= 4 is 28.2 Å². The summed E-state index contributed by atoms with van der Waals surface area (Å²) < 4.78 is 4.76. The smallest absolute Gasteiger partial charge is 0.340 e. The number of nitrogens with one attached hydrogen (secondary N) is 2. The van der Waals surface area contributed by atoms with E-state index in [0.717, 1.165) is 16.6 Å². The van der Waals surface area contributed by atoms with Crippen LogP contribution >= 0.6 is 0 Å². The number of nitriles is 1. The highest BCUT2D eigenvalue weighted by atomic mass is 16.5. The van der Waals surface area contributed by atoms with E-state index in [1.54, 1.807) is 30.6 Å². The van der Waals surface area contributed by atoms with Gasteiger partial charge in [-0.05, 0) is 24.3 Å². The van der Waals surface area contributed by atoms with Crippen LogP contribution in [0.25, 0.3) is 10.9 Å². The van der Waals surface area contributed by atoms with E-state index in [0.29, 0.717) is 16.8 Å². The third-order valence-electron chi connectivity index (χ3n) is 3.31. The number of carbonyl (C=O) groups excluding carboxylic acids is 1. The van der Waals surface area contributed by atoms with E-state index in [4.69, 9.17) is 10.00 Å². The molecule has 0 bridgehead atoms. The molecule has 0 unspecified atom stereocenters. The van der Waals surface area contributed by atoms with Crippen LogP contribution in [0.4, 0.5) is 11.4 Å². The van der Waals surface area contributed by atoms with Gasteiger partial charge >= 0.3 is 5.97 Å². The average Bonchev–Trinajstić information content (AvgIpc) is 2.96. The van der Waals surface area contributed by atoms with Gasteiger partial charge in [0.05, 0.1) is 41.9 Å². The number of fused-ring (bicyclic) bond motifs is 1. The maximum Gasteiger partial charge on any atom is 0.340 e. The molecule has 6 heteroatoms. The summed E-state index contributed by atoms with van der Waals surface area (Å²) in [6.07, 6.45) is 4.86. The van der Waals surface area contributed by atoms with E-state index in [1.807, 2.05) is 6.07 Å². The molecule has 0 aliphatic rings. The van der Waals surface area contributed by atoms with Crippen LogP contribution in [-0.2, 0) is 4.74 Å². The van der Waals surface area contributed by atoms with Gasteiger partial charge in [0.1, 0.15) is 0 Å². The van der Waals surface area contributed by atoms with Gasteiger partial charge in [0.15, 0.2) is 0 Å². The van der Waals surface area contributed by atoms with Crippen LogP contribution in [0.3, 0.4) is 0 Å². The van der Waals surface area contributed by atoms with Gasteiger partial charge < -0.3 is 15.0 Å². The second-order valence-corrected chi connectivity index (χ2v) is 4.61. The highest BCUT2D eigenvalue weighted by Gasteiger charge is 2.13. The van der Waals surface area contributed by atoms with Gasteiger partial charge in [-0.1, -0.05) is 0 Å². The molecule has 0 atom stereocenters. The van der Waals surface area contributed by atoms with Gasteiger partial charge in [0, 0.05) is 23.3 Å². The SMILES string of the molecule is COC(=O)c1ccncc1Nc1c[nH]c2ccc(C#N)cc12. The minimum atomic E-state index is -0.442. The van der Waals surface area contributed by atoms with Crippen LogP contribution in [0.2, 0.25) is 0 Å². The van der Waals surface area contributed by atoms with Crippen LogP contribution in [0.15, 0.2) is 42.9 Å². The number of aromatic amines is 1. The molecular weight excluding hydrogens is 280 g/mol. The Kier molecular flexibility index (Phi) is 3.46. The monoisotopic (exact) mass is 292 g/mol. The van der Waals surface area contributed by atoms with Crippen molar-refractivity contribution in [3.8, 4) is 6.07 Å². The molecule has 2 N–H and O–H groups in total. The maximum absolute atomic E-state index is 11.8. The Morgan fingerprint density at radius 3 is 3.00 bits per heavy atom. The lowest BCUT2D eigenvalue weighted by atomic mass is 10.1. The number of esters is 1. The molecule has 0 fully saturated rings. The Labute approximate surface area is 126 Å². The molecule has 2 heterocycles. The van der Waals surface area contributed by atoms with Crippen molar-refractivity contribution in [3.63, 3.8) is 0 Å². The lowest BCUT2D eigenvalue weighted by molar-refractivity contribution is 0.0602. The third-order valence-corrected chi connectivity index (χ3v) is 3.31. The number of nitrogens with zero attached hydrogens (tertiary/aromatic N) is 2. The predicted molar refractivity (Wildman–Crippen MR) is 81.9 cm³/mol. The van der Waals surface area contributed by atoms with Crippen molar-refractivity contribution in [1.29, 1.82) is 5.26 Å². The fourth-order valence-corrected chi connectivity index (χ4v) is 2.22. The first-order valence-electron chi connectivity index (χ1n) is 6.53. The minimum absolute atomic E-state index is 0.392. The second kappa shape index (κ2) is 5.58. The number of H-pyrrole nitrogens is 1. The number of rotatable bonds is 3. The lowest BCUT2D eigenvalue weighted by Crippen LogP contribution is -2.05. The molecule has 0 spiro atoms.